The van der Waals surface area contributed by atoms with Crippen molar-refractivity contribution in [1.82, 2.24) is 5.32 Å². The molecule has 0 aliphatic carbocycles. The Morgan fingerprint density at radius 1 is 0.897 bits per heavy atom. The Labute approximate surface area is 168 Å². The number of ether oxygens (including phenoxy) is 2. The number of esters is 2. The van der Waals surface area contributed by atoms with Gasteiger partial charge in [0.2, 0.25) is 0 Å². The number of amides is 1. The molecule has 0 saturated carbocycles. The fraction of sp³-hybridized carbons (Fsp3) is 0.174. The number of carbonyl (C=O) groups is 3. The summed E-state index contributed by atoms with van der Waals surface area (Å²) in [6.45, 7) is -0.0784. The molecular formula is C23H21NO5. The van der Waals surface area contributed by atoms with E-state index in [0.29, 0.717) is 5.56 Å². The van der Waals surface area contributed by atoms with Crippen molar-refractivity contribution in [2.45, 2.75) is 13.0 Å². The molecule has 0 saturated heterocycles. The molecule has 0 radical (unpaired) electrons. The van der Waals surface area contributed by atoms with E-state index in [1.807, 2.05) is 42.5 Å². The SMILES string of the molecule is COC(=O)c1ccc(CNC(=O)COC(=O)Cc2cccc3ccccc23)cc1. The van der Waals surface area contributed by atoms with Gasteiger partial charge in [-0.25, -0.2) is 4.79 Å². The molecular weight excluding hydrogens is 370 g/mol. The maximum Gasteiger partial charge on any atom is 0.337 e. The number of rotatable bonds is 7. The smallest absolute Gasteiger partial charge is 0.337 e. The Hall–Kier alpha value is -3.67. The highest BCUT2D eigenvalue weighted by atomic mass is 16.5. The van der Waals surface area contributed by atoms with Crippen LogP contribution in [0.15, 0.2) is 66.7 Å². The van der Waals surface area contributed by atoms with Crippen molar-refractivity contribution in [1.29, 1.82) is 0 Å². The van der Waals surface area contributed by atoms with E-state index < -0.39 is 17.8 Å². The Kier molecular flexibility index (Phi) is 6.58. The van der Waals surface area contributed by atoms with Gasteiger partial charge in [0.25, 0.3) is 5.91 Å². The molecule has 3 aromatic carbocycles. The Bertz CT molecular complexity index is 1020. The summed E-state index contributed by atoms with van der Waals surface area (Å²) >= 11 is 0. The minimum Gasteiger partial charge on any atom is -0.465 e. The van der Waals surface area contributed by atoms with Crippen molar-refractivity contribution in [2.75, 3.05) is 13.7 Å². The summed E-state index contributed by atoms with van der Waals surface area (Å²) in [7, 11) is 1.32. The summed E-state index contributed by atoms with van der Waals surface area (Å²) in [4.78, 5) is 35.5. The highest BCUT2D eigenvalue weighted by molar-refractivity contribution is 5.90. The van der Waals surface area contributed by atoms with Crippen LogP contribution in [0, 0.1) is 0 Å². The molecule has 0 aliphatic rings. The van der Waals surface area contributed by atoms with E-state index >= 15 is 0 Å². The average molecular weight is 391 g/mol. The third-order valence-electron chi connectivity index (χ3n) is 4.44. The first-order valence-electron chi connectivity index (χ1n) is 9.13. The van der Waals surface area contributed by atoms with Gasteiger partial charge < -0.3 is 14.8 Å². The third-order valence-corrected chi connectivity index (χ3v) is 4.44. The molecule has 0 heterocycles. The van der Waals surface area contributed by atoms with Crippen LogP contribution in [0.1, 0.15) is 21.5 Å². The second-order valence-electron chi connectivity index (χ2n) is 6.44. The van der Waals surface area contributed by atoms with Crippen LogP contribution in [-0.2, 0) is 32.0 Å². The molecule has 0 atom stereocenters. The van der Waals surface area contributed by atoms with Gasteiger partial charge in [0, 0.05) is 6.54 Å². The molecule has 6 heteroatoms. The van der Waals surface area contributed by atoms with E-state index in [-0.39, 0.29) is 19.6 Å². The molecule has 148 valence electrons. The van der Waals surface area contributed by atoms with E-state index in [9.17, 15) is 14.4 Å². The van der Waals surface area contributed by atoms with E-state index in [1.165, 1.54) is 7.11 Å². The van der Waals surface area contributed by atoms with Gasteiger partial charge in [0.05, 0.1) is 19.1 Å². The summed E-state index contributed by atoms with van der Waals surface area (Å²) in [5.41, 5.74) is 2.11. The van der Waals surface area contributed by atoms with Crippen molar-refractivity contribution < 1.29 is 23.9 Å². The maximum atomic E-state index is 12.1. The number of fused-ring (bicyclic) bond motifs is 1. The topological polar surface area (TPSA) is 81.7 Å². The first-order chi connectivity index (χ1) is 14.1. The van der Waals surface area contributed by atoms with Crippen LogP contribution in [-0.4, -0.2) is 31.6 Å². The zero-order chi connectivity index (χ0) is 20.6. The van der Waals surface area contributed by atoms with Crippen molar-refractivity contribution in [3.05, 3.63) is 83.4 Å². The Morgan fingerprint density at radius 3 is 2.38 bits per heavy atom. The van der Waals surface area contributed by atoms with Crippen LogP contribution < -0.4 is 5.32 Å². The number of benzene rings is 3. The standard InChI is InChI=1S/C23H21NO5/c1-28-23(27)18-11-9-16(10-12-18)14-24-21(25)15-29-22(26)13-19-7-4-6-17-5-2-3-8-20(17)19/h2-12H,13-15H2,1H3,(H,24,25). The minimum atomic E-state index is -0.459. The van der Waals surface area contributed by atoms with Gasteiger partial charge in [0.15, 0.2) is 6.61 Å². The van der Waals surface area contributed by atoms with E-state index in [4.69, 9.17) is 4.74 Å². The zero-order valence-corrected chi connectivity index (χ0v) is 16.0. The van der Waals surface area contributed by atoms with Crippen LogP contribution in [0.2, 0.25) is 0 Å². The fourth-order valence-corrected chi connectivity index (χ4v) is 2.93. The lowest BCUT2D eigenvalue weighted by Gasteiger charge is -2.09. The van der Waals surface area contributed by atoms with Crippen molar-refractivity contribution in [3.63, 3.8) is 0 Å². The lowest BCUT2D eigenvalue weighted by Crippen LogP contribution is -2.28. The lowest BCUT2D eigenvalue weighted by molar-refractivity contribution is -0.147. The number of methoxy groups -OCH3 is 1. The largest absolute Gasteiger partial charge is 0.465 e. The van der Waals surface area contributed by atoms with Gasteiger partial charge in [0.1, 0.15) is 0 Å². The molecule has 0 spiro atoms. The van der Waals surface area contributed by atoms with E-state index in [2.05, 4.69) is 10.1 Å². The molecule has 0 aromatic heterocycles. The fourth-order valence-electron chi connectivity index (χ4n) is 2.93. The molecule has 3 rings (SSSR count). The third kappa shape index (κ3) is 5.42. The minimum absolute atomic E-state index is 0.101. The second kappa shape index (κ2) is 9.50. The lowest BCUT2D eigenvalue weighted by atomic mass is 10.0. The van der Waals surface area contributed by atoms with Crippen LogP contribution in [0.4, 0.5) is 0 Å². The highest BCUT2D eigenvalue weighted by Crippen LogP contribution is 2.19. The monoisotopic (exact) mass is 391 g/mol. The Balaban J connectivity index is 1.46. The zero-order valence-electron chi connectivity index (χ0n) is 16.0. The number of nitrogens with one attached hydrogen (secondary N) is 1. The molecule has 0 unspecified atom stereocenters. The molecule has 0 bridgehead atoms. The van der Waals surface area contributed by atoms with Gasteiger partial charge in [-0.05, 0) is 34.0 Å². The van der Waals surface area contributed by atoms with Crippen molar-refractivity contribution in [2.24, 2.45) is 0 Å². The first-order valence-corrected chi connectivity index (χ1v) is 9.13. The number of carbonyl (C=O) groups excluding carboxylic acids is 3. The predicted molar refractivity (Wildman–Crippen MR) is 108 cm³/mol. The summed E-state index contributed by atoms with van der Waals surface area (Å²) < 4.78 is 9.74. The average Bonchev–Trinajstić information content (AvgIpc) is 2.76. The second-order valence-corrected chi connectivity index (χ2v) is 6.44. The van der Waals surface area contributed by atoms with Crippen LogP contribution in [0.3, 0.4) is 0 Å². The van der Waals surface area contributed by atoms with Gasteiger partial charge in [-0.1, -0.05) is 54.6 Å². The molecule has 6 nitrogen and oxygen atoms in total. The molecule has 29 heavy (non-hydrogen) atoms. The first kappa shape index (κ1) is 20.1. The summed E-state index contributed by atoms with van der Waals surface area (Å²) in [5.74, 6) is -1.27. The van der Waals surface area contributed by atoms with Gasteiger partial charge in [-0.2, -0.15) is 0 Å². The molecule has 1 amide bonds. The summed E-state index contributed by atoms with van der Waals surface area (Å²) in [5, 5.41) is 4.72. The molecule has 0 aliphatic heterocycles. The van der Waals surface area contributed by atoms with Crippen LogP contribution >= 0.6 is 0 Å². The maximum absolute atomic E-state index is 12.1. The van der Waals surface area contributed by atoms with Crippen molar-refractivity contribution in [3.8, 4) is 0 Å². The molecule has 0 fully saturated rings. The van der Waals surface area contributed by atoms with Crippen LogP contribution in [0.5, 0.6) is 0 Å². The molecule has 1 N–H and O–H groups in total. The normalized spacial score (nSPS) is 10.4. The van der Waals surface area contributed by atoms with E-state index in [1.54, 1.807) is 24.3 Å². The van der Waals surface area contributed by atoms with Gasteiger partial charge in [-0.15, -0.1) is 0 Å². The summed E-state index contributed by atoms with van der Waals surface area (Å²) in [6.07, 6.45) is 0.101. The Morgan fingerprint density at radius 2 is 1.62 bits per heavy atom. The number of hydrogen-bond donors (Lipinski definition) is 1. The highest BCUT2D eigenvalue weighted by Gasteiger charge is 2.11. The predicted octanol–water partition coefficient (Wildman–Crippen LogP) is 3.03. The quantitative estimate of drug-likeness (QED) is 0.626. The van der Waals surface area contributed by atoms with Gasteiger partial charge in [-0.3, -0.25) is 9.59 Å². The summed E-state index contributed by atoms with van der Waals surface area (Å²) in [6, 6.07) is 20.2. The number of hydrogen-bond acceptors (Lipinski definition) is 5. The van der Waals surface area contributed by atoms with Crippen molar-refractivity contribution >= 4 is 28.6 Å². The molecule has 3 aromatic rings. The van der Waals surface area contributed by atoms with Gasteiger partial charge >= 0.3 is 11.9 Å². The van der Waals surface area contributed by atoms with E-state index in [0.717, 1.165) is 21.9 Å². The van der Waals surface area contributed by atoms with Crippen LogP contribution in [0.25, 0.3) is 10.8 Å².